The highest BCUT2D eigenvalue weighted by Gasteiger charge is 2.33. The van der Waals surface area contributed by atoms with Crippen molar-refractivity contribution < 1.29 is 13.2 Å². The van der Waals surface area contributed by atoms with E-state index in [-0.39, 0.29) is 5.69 Å². The van der Waals surface area contributed by atoms with Crippen molar-refractivity contribution in [1.82, 2.24) is 0 Å². The Morgan fingerprint density at radius 3 is 2.22 bits per heavy atom. The number of hydrogen-bond acceptors (Lipinski definition) is 1. The summed E-state index contributed by atoms with van der Waals surface area (Å²) in [5.74, 6) is 0. The van der Waals surface area contributed by atoms with Gasteiger partial charge in [-0.3, -0.25) is 4.99 Å². The van der Waals surface area contributed by atoms with Crippen molar-refractivity contribution in [3.8, 4) is 0 Å². The van der Waals surface area contributed by atoms with E-state index in [1.54, 1.807) is 13.0 Å². The van der Waals surface area contributed by atoms with Crippen molar-refractivity contribution in [2.45, 2.75) is 13.1 Å². The number of rotatable bonds is 2. The number of alkyl halides is 3. The second-order valence-corrected chi connectivity index (χ2v) is 5.27. The van der Waals surface area contributed by atoms with Crippen LogP contribution >= 0.6 is 0 Å². The van der Waals surface area contributed by atoms with Crippen LogP contribution in [0.4, 0.5) is 18.9 Å². The predicted molar refractivity (Wildman–Crippen MR) is 87.3 cm³/mol. The maximum absolute atomic E-state index is 13.0. The minimum atomic E-state index is -4.41. The van der Waals surface area contributed by atoms with Crippen LogP contribution in [0.5, 0.6) is 0 Å². The first-order valence-corrected chi connectivity index (χ1v) is 7.16. The second kappa shape index (κ2) is 5.88. The molecular formula is C19H14F3N. The van der Waals surface area contributed by atoms with Gasteiger partial charge in [0.15, 0.2) is 0 Å². The van der Waals surface area contributed by atoms with Gasteiger partial charge in [0.05, 0.1) is 11.3 Å². The average Bonchev–Trinajstić information content (AvgIpc) is 2.54. The molecule has 0 radical (unpaired) electrons. The van der Waals surface area contributed by atoms with Gasteiger partial charge in [0.1, 0.15) is 0 Å². The molecule has 0 aromatic heterocycles. The third-order valence-electron chi connectivity index (χ3n) is 3.66. The van der Waals surface area contributed by atoms with E-state index in [4.69, 9.17) is 0 Å². The van der Waals surface area contributed by atoms with Crippen LogP contribution in [0.2, 0.25) is 0 Å². The molecule has 0 amide bonds. The maximum Gasteiger partial charge on any atom is 0.418 e. The number of hydrogen-bond donors (Lipinski definition) is 0. The summed E-state index contributed by atoms with van der Waals surface area (Å²) in [6, 6.07) is 18.9. The van der Waals surface area contributed by atoms with Crippen LogP contribution in [0.25, 0.3) is 10.8 Å². The van der Waals surface area contributed by atoms with Crippen molar-refractivity contribution in [2.24, 2.45) is 4.99 Å². The minimum Gasteiger partial charge on any atom is -0.253 e. The lowest BCUT2D eigenvalue weighted by Gasteiger charge is -2.10. The van der Waals surface area contributed by atoms with Crippen molar-refractivity contribution in [2.75, 3.05) is 0 Å². The molecular weight excluding hydrogens is 299 g/mol. The molecule has 0 aliphatic heterocycles. The van der Waals surface area contributed by atoms with Crippen LogP contribution in [-0.4, -0.2) is 5.71 Å². The Morgan fingerprint density at radius 1 is 0.826 bits per heavy atom. The largest absolute Gasteiger partial charge is 0.418 e. The number of aliphatic imine (C=N–C) groups is 1. The molecule has 0 saturated heterocycles. The molecule has 0 bridgehead atoms. The first kappa shape index (κ1) is 15.3. The van der Waals surface area contributed by atoms with Crippen LogP contribution in [-0.2, 0) is 6.18 Å². The molecule has 0 spiro atoms. The minimum absolute atomic E-state index is 0.0642. The molecule has 0 saturated carbocycles. The van der Waals surface area contributed by atoms with Crippen molar-refractivity contribution >= 4 is 22.2 Å². The summed E-state index contributed by atoms with van der Waals surface area (Å²) >= 11 is 0. The molecule has 3 aromatic carbocycles. The number of halogens is 3. The second-order valence-electron chi connectivity index (χ2n) is 5.27. The summed E-state index contributed by atoms with van der Waals surface area (Å²) in [7, 11) is 0. The molecule has 0 heterocycles. The van der Waals surface area contributed by atoms with Gasteiger partial charge in [-0.2, -0.15) is 13.2 Å². The quantitative estimate of drug-likeness (QED) is 0.515. The highest BCUT2D eigenvalue weighted by atomic mass is 19.4. The molecule has 3 rings (SSSR count). The Labute approximate surface area is 132 Å². The lowest BCUT2D eigenvalue weighted by molar-refractivity contribution is -0.137. The topological polar surface area (TPSA) is 12.4 Å². The van der Waals surface area contributed by atoms with E-state index in [1.807, 2.05) is 42.5 Å². The van der Waals surface area contributed by atoms with E-state index in [1.165, 1.54) is 12.1 Å². The van der Waals surface area contributed by atoms with Crippen LogP contribution in [0, 0.1) is 0 Å². The maximum atomic E-state index is 13.0. The SMILES string of the molecule is C/C(=N\c1ccccc1C(F)(F)F)c1ccc2ccccc2c1. The van der Waals surface area contributed by atoms with Crippen LogP contribution in [0.15, 0.2) is 71.7 Å². The van der Waals surface area contributed by atoms with Gasteiger partial charge in [0, 0.05) is 5.71 Å². The lowest BCUT2D eigenvalue weighted by atomic mass is 10.0. The Hall–Kier alpha value is -2.62. The first-order valence-electron chi connectivity index (χ1n) is 7.16. The van der Waals surface area contributed by atoms with Gasteiger partial charge in [0.2, 0.25) is 0 Å². The van der Waals surface area contributed by atoms with E-state index >= 15 is 0 Å². The molecule has 4 heteroatoms. The fourth-order valence-corrected chi connectivity index (χ4v) is 2.47. The summed E-state index contributed by atoms with van der Waals surface area (Å²) in [5, 5.41) is 2.11. The third kappa shape index (κ3) is 3.26. The lowest BCUT2D eigenvalue weighted by Crippen LogP contribution is -2.05. The fraction of sp³-hybridized carbons (Fsp3) is 0.105. The number of nitrogens with zero attached hydrogens (tertiary/aromatic N) is 1. The normalized spacial score (nSPS) is 12.6. The Morgan fingerprint density at radius 2 is 1.48 bits per heavy atom. The molecule has 0 aliphatic carbocycles. The van der Waals surface area contributed by atoms with Crippen LogP contribution in [0.3, 0.4) is 0 Å². The first-order chi connectivity index (χ1) is 10.9. The summed E-state index contributed by atoms with van der Waals surface area (Å²) in [6.07, 6.45) is -4.41. The molecule has 23 heavy (non-hydrogen) atoms. The van der Waals surface area contributed by atoms with Gasteiger partial charge < -0.3 is 0 Å². The Bertz CT molecular complexity index is 879. The van der Waals surface area contributed by atoms with Crippen molar-refractivity contribution in [3.63, 3.8) is 0 Å². The van der Waals surface area contributed by atoms with E-state index in [0.717, 1.165) is 22.4 Å². The Balaban J connectivity index is 2.05. The molecule has 0 unspecified atom stereocenters. The van der Waals surface area contributed by atoms with Gasteiger partial charge in [0.25, 0.3) is 0 Å². The highest BCUT2D eigenvalue weighted by Crippen LogP contribution is 2.36. The van der Waals surface area contributed by atoms with Gasteiger partial charge in [-0.25, -0.2) is 0 Å². The predicted octanol–water partition coefficient (Wildman–Crippen LogP) is 6.00. The summed E-state index contributed by atoms with van der Waals surface area (Å²) in [5.41, 5.74) is 0.568. The molecule has 0 aliphatic rings. The summed E-state index contributed by atoms with van der Waals surface area (Å²) < 4.78 is 39.1. The zero-order chi connectivity index (χ0) is 16.4. The monoisotopic (exact) mass is 313 g/mol. The zero-order valence-corrected chi connectivity index (χ0v) is 12.4. The zero-order valence-electron chi connectivity index (χ0n) is 12.4. The Kier molecular flexibility index (Phi) is 3.90. The standard InChI is InChI=1S/C19H14F3N/c1-13(15-11-10-14-6-2-3-7-16(14)12-15)23-18-9-5-4-8-17(18)19(20,21)22/h2-12H,1H3/b23-13+. The van der Waals surface area contributed by atoms with E-state index < -0.39 is 11.7 Å². The van der Waals surface area contributed by atoms with Crippen molar-refractivity contribution in [1.29, 1.82) is 0 Å². The number of para-hydroxylation sites is 1. The summed E-state index contributed by atoms with van der Waals surface area (Å²) in [6.45, 7) is 1.72. The van der Waals surface area contributed by atoms with Crippen LogP contribution in [0.1, 0.15) is 18.1 Å². The van der Waals surface area contributed by atoms with Gasteiger partial charge >= 0.3 is 6.18 Å². The van der Waals surface area contributed by atoms with Gasteiger partial charge in [-0.15, -0.1) is 0 Å². The third-order valence-corrected chi connectivity index (χ3v) is 3.66. The molecule has 0 fully saturated rings. The fourth-order valence-electron chi connectivity index (χ4n) is 2.47. The average molecular weight is 313 g/mol. The number of fused-ring (bicyclic) bond motifs is 1. The molecule has 3 aromatic rings. The van der Waals surface area contributed by atoms with Gasteiger partial charge in [-0.05, 0) is 41.5 Å². The number of benzene rings is 3. The van der Waals surface area contributed by atoms with E-state index in [9.17, 15) is 13.2 Å². The summed E-state index contributed by atoms with van der Waals surface area (Å²) in [4.78, 5) is 4.20. The van der Waals surface area contributed by atoms with Crippen molar-refractivity contribution in [3.05, 3.63) is 77.9 Å². The molecule has 0 atom stereocenters. The van der Waals surface area contributed by atoms with Gasteiger partial charge in [-0.1, -0.05) is 48.5 Å². The van der Waals surface area contributed by atoms with E-state index in [2.05, 4.69) is 4.99 Å². The molecule has 1 nitrogen and oxygen atoms in total. The smallest absolute Gasteiger partial charge is 0.253 e. The molecule has 116 valence electrons. The van der Waals surface area contributed by atoms with E-state index in [0.29, 0.717) is 5.71 Å². The van der Waals surface area contributed by atoms with Crippen LogP contribution < -0.4 is 0 Å². The molecule has 0 N–H and O–H groups in total. The highest BCUT2D eigenvalue weighted by molar-refractivity contribution is 6.03.